The SMILES string of the molecule is C=C(c1cccc(C(C)O)n1)c1n[nH]c2nc[nH]c(=O)c12. The number of fused-ring (bicyclic) bond motifs is 1. The summed E-state index contributed by atoms with van der Waals surface area (Å²) in [6.07, 6.45) is 0.626. The van der Waals surface area contributed by atoms with Crippen LogP contribution in [0.25, 0.3) is 16.6 Å². The molecule has 0 aliphatic rings. The zero-order valence-electron chi connectivity index (χ0n) is 11.3. The van der Waals surface area contributed by atoms with Gasteiger partial charge in [-0.15, -0.1) is 0 Å². The Morgan fingerprint density at radius 1 is 1.43 bits per heavy atom. The van der Waals surface area contributed by atoms with Crippen LogP contribution in [0.4, 0.5) is 0 Å². The molecule has 0 aliphatic heterocycles. The minimum atomic E-state index is -0.682. The molecular formula is C14H13N5O2. The van der Waals surface area contributed by atoms with Crippen molar-refractivity contribution in [2.45, 2.75) is 13.0 Å². The van der Waals surface area contributed by atoms with Crippen molar-refractivity contribution < 1.29 is 5.11 Å². The maximum Gasteiger partial charge on any atom is 0.262 e. The van der Waals surface area contributed by atoms with Gasteiger partial charge < -0.3 is 10.1 Å². The molecule has 21 heavy (non-hydrogen) atoms. The molecule has 3 rings (SSSR count). The second kappa shape index (κ2) is 4.95. The normalized spacial score (nSPS) is 12.5. The number of pyridine rings is 1. The van der Waals surface area contributed by atoms with Gasteiger partial charge in [0.1, 0.15) is 11.1 Å². The summed E-state index contributed by atoms with van der Waals surface area (Å²) in [6, 6.07) is 5.24. The molecule has 0 aliphatic carbocycles. The average molecular weight is 283 g/mol. The molecule has 0 saturated carbocycles. The average Bonchev–Trinajstić information content (AvgIpc) is 2.92. The predicted molar refractivity (Wildman–Crippen MR) is 77.5 cm³/mol. The fourth-order valence-electron chi connectivity index (χ4n) is 2.06. The standard InChI is InChI=1S/C14H13N5O2/c1-7(9-4-3-5-10(17-9)8(2)20)12-11-13(19-18-12)15-6-16-14(11)21/h3-6,8,20H,1H2,2H3,(H2,15,16,18,19,21). The van der Waals surface area contributed by atoms with E-state index >= 15 is 0 Å². The molecule has 3 aromatic rings. The summed E-state index contributed by atoms with van der Waals surface area (Å²) in [5.74, 6) is 0. The summed E-state index contributed by atoms with van der Waals surface area (Å²) >= 11 is 0. The molecule has 1 atom stereocenters. The van der Waals surface area contributed by atoms with Crippen molar-refractivity contribution in [1.29, 1.82) is 0 Å². The second-order valence-electron chi connectivity index (χ2n) is 4.63. The second-order valence-corrected chi connectivity index (χ2v) is 4.63. The summed E-state index contributed by atoms with van der Waals surface area (Å²) in [5.41, 5.74) is 2.06. The molecule has 3 aromatic heterocycles. The predicted octanol–water partition coefficient (Wildman–Crippen LogP) is 1.16. The minimum Gasteiger partial charge on any atom is -0.387 e. The van der Waals surface area contributed by atoms with Gasteiger partial charge in [0.2, 0.25) is 0 Å². The van der Waals surface area contributed by atoms with E-state index in [1.807, 2.05) is 0 Å². The van der Waals surface area contributed by atoms with Crippen LogP contribution in [0, 0.1) is 0 Å². The summed E-state index contributed by atoms with van der Waals surface area (Å²) in [7, 11) is 0. The van der Waals surface area contributed by atoms with E-state index in [2.05, 4.69) is 31.7 Å². The maximum absolute atomic E-state index is 11.9. The molecule has 7 nitrogen and oxygen atoms in total. The van der Waals surface area contributed by atoms with Crippen molar-refractivity contribution in [3.8, 4) is 0 Å². The molecule has 0 radical (unpaired) electrons. The molecule has 0 fully saturated rings. The Hall–Kier alpha value is -2.80. The van der Waals surface area contributed by atoms with Gasteiger partial charge in [0.05, 0.1) is 23.8 Å². The Morgan fingerprint density at radius 3 is 3.00 bits per heavy atom. The zero-order valence-corrected chi connectivity index (χ0v) is 11.3. The topological polar surface area (TPSA) is 108 Å². The fraction of sp³-hybridized carbons (Fsp3) is 0.143. The lowest BCUT2D eigenvalue weighted by Gasteiger charge is -2.07. The molecule has 0 saturated heterocycles. The number of rotatable bonds is 3. The highest BCUT2D eigenvalue weighted by atomic mass is 16.3. The Balaban J connectivity index is 2.13. The van der Waals surface area contributed by atoms with E-state index in [-0.39, 0.29) is 5.56 Å². The van der Waals surface area contributed by atoms with Gasteiger partial charge in [0.15, 0.2) is 5.65 Å². The number of aliphatic hydroxyl groups excluding tert-OH is 1. The Morgan fingerprint density at radius 2 is 2.24 bits per heavy atom. The van der Waals surface area contributed by atoms with Crippen molar-refractivity contribution in [2.24, 2.45) is 0 Å². The summed E-state index contributed by atoms with van der Waals surface area (Å²) < 4.78 is 0. The molecule has 0 spiro atoms. The van der Waals surface area contributed by atoms with Gasteiger partial charge in [-0.2, -0.15) is 5.10 Å². The van der Waals surface area contributed by atoms with Crippen molar-refractivity contribution in [1.82, 2.24) is 25.1 Å². The Bertz CT molecular complexity index is 878. The fourth-order valence-corrected chi connectivity index (χ4v) is 2.06. The zero-order chi connectivity index (χ0) is 15.0. The van der Waals surface area contributed by atoms with Crippen molar-refractivity contribution in [2.75, 3.05) is 0 Å². The monoisotopic (exact) mass is 283 g/mol. The van der Waals surface area contributed by atoms with Gasteiger partial charge in [-0.05, 0) is 19.1 Å². The highest BCUT2D eigenvalue weighted by Gasteiger charge is 2.16. The molecule has 3 heterocycles. The first-order valence-corrected chi connectivity index (χ1v) is 6.34. The third kappa shape index (κ3) is 2.23. The quantitative estimate of drug-likeness (QED) is 0.668. The molecule has 1 unspecified atom stereocenters. The molecule has 7 heteroatoms. The highest BCUT2D eigenvalue weighted by molar-refractivity contribution is 5.91. The third-order valence-corrected chi connectivity index (χ3v) is 3.16. The van der Waals surface area contributed by atoms with Crippen molar-refractivity contribution in [3.63, 3.8) is 0 Å². The van der Waals surface area contributed by atoms with Gasteiger partial charge in [-0.1, -0.05) is 12.6 Å². The molecular weight excluding hydrogens is 270 g/mol. The van der Waals surface area contributed by atoms with Crippen LogP contribution in [0.1, 0.15) is 30.1 Å². The van der Waals surface area contributed by atoms with Crippen molar-refractivity contribution >= 4 is 16.6 Å². The Labute approximate surface area is 119 Å². The number of aromatic nitrogens is 5. The van der Waals surface area contributed by atoms with Gasteiger partial charge in [0.25, 0.3) is 5.56 Å². The van der Waals surface area contributed by atoms with E-state index in [1.165, 1.54) is 6.33 Å². The highest BCUT2D eigenvalue weighted by Crippen LogP contribution is 2.23. The van der Waals surface area contributed by atoms with Gasteiger partial charge in [-0.3, -0.25) is 14.9 Å². The number of nitrogens with one attached hydrogen (secondary N) is 2. The number of nitrogens with zero attached hydrogens (tertiary/aromatic N) is 3. The van der Waals surface area contributed by atoms with E-state index in [0.29, 0.717) is 33.7 Å². The molecule has 0 bridgehead atoms. The van der Waals surface area contributed by atoms with Crippen LogP contribution < -0.4 is 5.56 Å². The summed E-state index contributed by atoms with van der Waals surface area (Å²) in [4.78, 5) is 22.8. The Kier molecular flexibility index (Phi) is 3.11. The summed E-state index contributed by atoms with van der Waals surface area (Å²) in [6.45, 7) is 5.58. The molecule has 106 valence electrons. The van der Waals surface area contributed by atoms with Gasteiger partial charge >= 0.3 is 0 Å². The van der Waals surface area contributed by atoms with E-state index < -0.39 is 6.10 Å². The van der Waals surface area contributed by atoms with Crippen LogP contribution in [0.15, 0.2) is 35.9 Å². The number of H-pyrrole nitrogens is 2. The first-order valence-electron chi connectivity index (χ1n) is 6.34. The first-order chi connectivity index (χ1) is 10.1. The van der Waals surface area contributed by atoms with Crippen LogP contribution in [0.5, 0.6) is 0 Å². The smallest absolute Gasteiger partial charge is 0.262 e. The molecule has 0 amide bonds. The van der Waals surface area contributed by atoms with E-state index in [1.54, 1.807) is 25.1 Å². The van der Waals surface area contributed by atoms with Crippen LogP contribution >= 0.6 is 0 Å². The maximum atomic E-state index is 11.9. The number of hydrogen-bond donors (Lipinski definition) is 3. The van der Waals surface area contributed by atoms with Crippen LogP contribution in [0.3, 0.4) is 0 Å². The van der Waals surface area contributed by atoms with Gasteiger partial charge in [0, 0.05) is 5.57 Å². The first kappa shape index (κ1) is 13.2. The number of aliphatic hydroxyl groups is 1. The minimum absolute atomic E-state index is 0.295. The lowest BCUT2D eigenvalue weighted by atomic mass is 10.1. The largest absolute Gasteiger partial charge is 0.387 e. The van der Waals surface area contributed by atoms with Crippen LogP contribution in [-0.2, 0) is 0 Å². The number of hydrogen-bond acceptors (Lipinski definition) is 5. The van der Waals surface area contributed by atoms with Crippen LogP contribution in [0.2, 0.25) is 0 Å². The summed E-state index contributed by atoms with van der Waals surface area (Å²) in [5, 5.41) is 16.7. The molecule has 3 N–H and O–H groups in total. The lowest BCUT2D eigenvalue weighted by molar-refractivity contribution is 0.194. The third-order valence-electron chi connectivity index (χ3n) is 3.16. The number of aromatic amines is 2. The lowest BCUT2D eigenvalue weighted by Crippen LogP contribution is -2.07. The van der Waals surface area contributed by atoms with Gasteiger partial charge in [-0.25, -0.2) is 4.98 Å². The van der Waals surface area contributed by atoms with E-state index in [9.17, 15) is 9.90 Å². The van der Waals surface area contributed by atoms with Crippen LogP contribution in [-0.4, -0.2) is 30.3 Å². The van der Waals surface area contributed by atoms with E-state index in [4.69, 9.17) is 0 Å². The van der Waals surface area contributed by atoms with Crippen molar-refractivity contribution in [3.05, 3.63) is 58.5 Å². The molecule has 0 aromatic carbocycles. The van der Waals surface area contributed by atoms with E-state index in [0.717, 1.165) is 0 Å².